The van der Waals surface area contributed by atoms with Gasteiger partial charge in [-0.05, 0) is 36.5 Å². The van der Waals surface area contributed by atoms with Crippen molar-refractivity contribution >= 4 is 22.2 Å². The number of nitrogens with zero attached hydrogens (tertiary/aromatic N) is 1. The van der Waals surface area contributed by atoms with Crippen LogP contribution in [0.5, 0.6) is 0 Å². The van der Waals surface area contributed by atoms with Gasteiger partial charge in [-0.1, -0.05) is 41.1 Å². The van der Waals surface area contributed by atoms with E-state index in [0.29, 0.717) is 0 Å². The van der Waals surface area contributed by atoms with Crippen molar-refractivity contribution in [2.75, 3.05) is 20.1 Å². The first-order valence-corrected chi connectivity index (χ1v) is 6.86. The summed E-state index contributed by atoms with van der Waals surface area (Å²) in [7, 11) is 2.08. The third-order valence-electron chi connectivity index (χ3n) is 2.53. The first-order chi connectivity index (χ1) is 8.67. The second-order valence-electron chi connectivity index (χ2n) is 4.02. The number of carbonyl (C=O) groups excluding carboxylic acids is 1. The van der Waals surface area contributed by atoms with Crippen LogP contribution in [-0.4, -0.2) is 31.3 Å². The first kappa shape index (κ1) is 17.1. The third-order valence-corrected chi connectivity index (χ3v) is 3.12. The van der Waals surface area contributed by atoms with Crippen molar-refractivity contribution < 1.29 is 4.79 Å². The van der Waals surface area contributed by atoms with Crippen molar-refractivity contribution in [1.29, 1.82) is 0 Å². The number of hydrogen-bond donors (Lipinski definition) is 0. The zero-order valence-electron chi connectivity index (χ0n) is 11.3. The van der Waals surface area contributed by atoms with Gasteiger partial charge >= 0.3 is 0 Å². The van der Waals surface area contributed by atoms with Crippen LogP contribution in [0.15, 0.2) is 47.0 Å². The molecule has 0 amide bonds. The Morgan fingerprint density at radius 3 is 2.67 bits per heavy atom. The molecule has 0 aromatic heterocycles. The second kappa shape index (κ2) is 10.0. The molecule has 0 saturated heterocycles. The predicted octanol–water partition coefficient (Wildman–Crippen LogP) is 3.86. The summed E-state index contributed by atoms with van der Waals surface area (Å²) in [5.41, 5.74) is 1.91. The zero-order chi connectivity index (χ0) is 14.0. The number of likely N-dealkylation sites (N-methyl/N-ethyl adjacent to an activating group) is 1. The Balaban J connectivity index is 0.00000137. The minimum absolute atomic E-state index is 0.789. The quantitative estimate of drug-likeness (QED) is 0.567. The van der Waals surface area contributed by atoms with Gasteiger partial charge < -0.3 is 4.90 Å². The van der Waals surface area contributed by atoms with Crippen molar-refractivity contribution in [3.63, 3.8) is 0 Å². The van der Waals surface area contributed by atoms with E-state index in [4.69, 9.17) is 0 Å². The molecule has 100 valence electrons. The maximum Gasteiger partial charge on any atom is 0.150 e. The monoisotopic (exact) mass is 311 g/mol. The molecule has 18 heavy (non-hydrogen) atoms. The molecule has 1 rings (SSSR count). The minimum Gasteiger partial charge on any atom is -0.302 e. The summed E-state index contributed by atoms with van der Waals surface area (Å²) >= 11 is 3.46. The van der Waals surface area contributed by atoms with Crippen LogP contribution in [0, 0.1) is 0 Å². The van der Waals surface area contributed by atoms with Gasteiger partial charge in [-0.25, -0.2) is 0 Å². The summed E-state index contributed by atoms with van der Waals surface area (Å²) in [6.07, 6.45) is 8.89. The Labute approximate surface area is 119 Å². The van der Waals surface area contributed by atoms with Gasteiger partial charge in [0.05, 0.1) is 0 Å². The van der Waals surface area contributed by atoms with E-state index in [2.05, 4.69) is 54.0 Å². The molecule has 0 aliphatic heterocycles. The molecule has 3 heteroatoms. The van der Waals surface area contributed by atoms with E-state index in [1.54, 1.807) is 0 Å². The van der Waals surface area contributed by atoms with Crippen molar-refractivity contribution in [1.82, 2.24) is 4.90 Å². The fraction of sp³-hybridized carbons (Fsp3) is 0.400. The molecule has 0 spiro atoms. The fourth-order valence-corrected chi connectivity index (χ4v) is 2.01. The van der Waals surface area contributed by atoms with E-state index in [1.165, 1.54) is 0 Å². The van der Waals surface area contributed by atoms with Crippen molar-refractivity contribution in [3.8, 4) is 0 Å². The average molecular weight is 312 g/mol. The molecule has 0 aromatic rings. The van der Waals surface area contributed by atoms with Crippen LogP contribution in [0.4, 0.5) is 0 Å². The standard InChI is InChI=1S/C13H18BrNO.C2H4/c1-3-8-15(2)9-11-4-6-13(14)7-5-12(11)10-16;1-2/h4-5,7,10H,3,6,8-9H2,1-2H3;1-2H2. The lowest BCUT2D eigenvalue weighted by atomic mass is 10.1. The Kier molecular flexibility index (Phi) is 9.52. The number of carbonyl (C=O) groups is 1. The summed E-state index contributed by atoms with van der Waals surface area (Å²) < 4.78 is 1.11. The summed E-state index contributed by atoms with van der Waals surface area (Å²) in [5, 5.41) is 0. The number of hydrogen-bond acceptors (Lipinski definition) is 2. The van der Waals surface area contributed by atoms with Crippen LogP contribution >= 0.6 is 15.9 Å². The summed E-state index contributed by atoms with van der Waals surface area (Å²) in [6, 6.07) is 0. The summed E-state index contributed by atoms with van der Waals surface area (Å²) in [5.74, 6) is 0. The lowest BCUT2D eigenvalue weighted by molar-refractivity contribution is -0.104. The molecule has 0 atom stereocenters. The number of halogens is 1. The number of rotatable bonds is 5. The molecule has 0 unspecified atom stereocenters. The van der Waals surface area contributed by atoms with Crippen molar-refractivity contribution in [2.45, 2.75) is 19.8 Å². The molecular formula is C15H22BrNO. The zero-order valence-corrected chi connectivity index (χ0v) is 12.9. The largest absolute Gasteiger partial charge is 0.302 e. The van der Waals surface area contributed by atoms with Gasteiger partial charge in [0.25, 0.3) is 0 Å². The van der Waals surface area contributed by atoms with Crippen LogP contribution in [0.3, 0.4) is 0 Å². The number of allylic oxidation sites excluding steroid dienone is 4. The van der Waals surface area contributed by atoms with Gasteiger partial charge in [0, 0.05) is 12.1 Å². The molecule has 2 nitrogen and oxygen atoms in total. The molecule has 0 bridgehead atoms. The van der Waals surface area contributed by atoms with Gasteiger partial charge in [-0.2, -0.15) is 0 Å². The van der Waals surface area contributed by atoms with Gasteiger partial charge in [0.15, 0.2) is 0 Å². The highest BCUT2D eigenvalue weighted by Gasteiger charge is 2.09. The molecule has 1 aliphatic rings. The van der Waals surface area contributed by atoms with E-state index in [1.807, 2.05) is 12.2 Å². The fourth-order valence-electron chi connectivity index (χ4n) is 1.72. The predicted molar refractivity (Wildman–Crippen MR) is 82.9 cm³/mol. The summed E-state index contributed by atoms with van der Waals surface area (Å²) in [6.45, 7) is 10.1. The maximum atomic E-state index is 11.0. The van der Waals surface area contributed by atoms with Crippen LogP contribution in [0.2, 0.25) is 0 Å². The van der Waals surface area contributed by atoms with Crippen LogP contribution in [0.25, 0.3) is 0 Å². The third kappa shape index (κ3) is 6.12. The van der Waals surface area contributed by atoms with E-state index in [9.17, 15) is 4.79 Å². The van der Waals surface area contributed by atoms with Crippen LogP contribution in [-0.2, 0) is 4.79 Å². The lowest BCUT2D eigenvalue weighted by Gasteiger charge is -2.17. The highest BCUT2D eigenvalue weighted by Crippen LogP contribution is 2.21. The van der Waals surface area contributed by atoms with Crippen molar-refractivity contribution in [2.24, 2.45) is 0 Å². The maximum absolute atomic E-state index is 11.0. The van der Waals surface area contributed by atoms with E-state index >= 15 is 0 Å². The minimum atomic E-state index is 0.789. The average Bonchev–Trinajstić information content (AvgIpc) is 2.55. The van der Waals surface area contributed by atoms with Crippen molar-refractivity contribution in [3.05, 3.63) is 47.0 Å². The van der Waals surface area contributed by atoms with E-state index in [0.717, 1.165) is 47.8 Å². The van der Waals surface area contributed by atoms with E-state index < -0.39 is 0 Å². The smallest absolute Gasteiger partial charge is 0.150 e. The van der Waals surface area contributed by atoms with E-state index in [-0.39, 0.29) is 0 Å². The molecule has 0 heterocycles. The first-order valence-electron chi connectivity index (χ1n) is 6.06. The Morgan fingerprint density at radius 1 is 1.44 bits per heavy atom. The van der Waals surface area contributed by atoms with Gasteiger partial charge in [-0.15, -0.1) is 13.2 Å². The Morgan fingerprint density at radius 2 is 2.11 bits per heavy atom. The molecule has 1 aliphatic carbocycles. The molecule has 0 aromatic carbocycles. The summed E-state index contributed by atoms with van der Waals surface area (Å²) in [4.78, 5) is 13.2. The SMILES string of the molecule is C=C.CCCN(C)CC1=CCC(Br)=CC=C1C=O. The molecule has 0 radical (unpaired) electrons. The van der Waals surface area contributed by atoms with Gasteiger partial charge in [0.1, 0.15) is 6.29 Å². The number of aldehydes is 1. The Bertz CT molecular complexity index is 356. The normalized spacial score (nSPS) is 14.8. The van der Waals surface area contributed by atoms with Gasteiger partial charge in [0.2, 0.25) is 0 Å². The topological polar surface area (TPSA) is 20.3 Å². The molecular weight excluding hydrogens is 290 g/mol. The molecule has 0 fully saturated rings. The van der Waals surface area contributed by atoms with Crippen LogP contribution in [0.1, 0.15) is 19.8 Å². The second-order valence-corrected chi connectivity index (χ2v) is 5.04. The Hall–Kier alpha value is -0.930. The molecule has 0 saturated carbocycles. The lowest BCUT2D eigenvalue weighted by Crippen LogP contribution is -2.22. The molecule has 0 N–H and O–H groups in total. The highest BCUT2D eigenvalue weighted by molar-refractivity contribution is 9.11. The highest BCUT2D eigenvalue weighted by atomic mass is 79.9. The van der Waals surface area contributed by atoms with Gasteiger partial charge in [-0.3, -0.25) is 4.79 Å². The van der Waals surface area contributed by atoms with Crippen LogP contribution < -0.4 is 0 Å².